The Kier molecular flexibility index (Phi) is 18.8. The second-order valence-electron chi connectivity index (χ2n) is 2.61. The maximum Gasteiger partial charge on any atom is 0.394 e. The molecule has 1 rings (SSSR count). The minimum atomic E-state index is -4.67. The van der Waals surface area contributed by atoms with Gasteiger partial charge in [-0.1, -0.05) is 6.42 Å². The highest BCUT2D eigenvalue weighted by atomic mass is 32.3. The number of hydrogen-bond donors (Lipinski definition) is 5. The van der Waals surface area contributed by atoms with Gasteiger partial charge in [0.25, 0.3) is 0 Å². The fourth-order valence-corrected chi connectivity index (χ4v) is 0.904. The van der Waals surface area contributed by atoms with E-state index in [1.165, 1.54) is 6.42 Å². The van der Waals surface area contributed by atoms with Gasteiger partial charge in [-0.05, 0) is 12.8 Å². The number of nitrogens with one attached hydrogen (secondary N) is 1. The quantitative estimate of drug-likeness (QED) is 0.362. The average molecular weight is 263 g/mol. The summed E-state index contributed by atoms with van der Waals surface area (Å²) in [5, 5.41) is 2.81. The van der Waals surface area contributed by atoms with Crippen LogP contribution in [0.5, 0.6) is 0 Å². The lowest BCUT2D eigenvalue weighted by Gasteiger charge is -1.93. The number of amides is 1. The Morgan fingerprint density at radius 2 is 1.50 bits per heavy atom. The van der Waals surface area contributed by atoms with E-state index < -0.39 is 10.4 Å². The van der Waals surface area contributed by atoms with Gasteiger partial charge in [0.2, 0.25) is 5.91 Å². The fourth-order valence-electron chi connectivity index (χ4n) is 0.904. The summed E-state index contributed by atoms with van der Waals surface area (Å²) in [6.45, 7) is 0.888. The third kappa shape index (κ3) is 29.2. The zero-order valence-electron chi connectivity index (χ0n) is 8.98. The molecule has 0 radical (unpaired) electrons. The Bertz CT molecular complexity index is 237. The van der Waals surface area contributed by atoms with Gasteiger partial charge in [0, 0.05) is 13.0 Å². The minimum Gasteiger partial charge on any atom is -0.412 e. The highest BCUT2D eigenvalue weighted by Gasteiger charge is 2.03. The number of rotatable bonds is 0. The van der Waals surface area contributed by atoms with Gasteiger partial charge in [-0.2, -0.15) is 8.42 Å². The standard InChI is InChI=1S/C6H11NO.2H3N.H2O4S.H2O/c8-6-4-2-1-3-5-7-6;;;1-5(2,3)4;/h1-5H2,(H,7,8);2*1H3;(H2,1,2,3,4);1H2. The first kappa shape index (κ1) is 24.4. The van der Waals surface area contributed by atoms with E-state index in [0.29, 0.717) is 0 Å². The van der Waals surface area contributed by atoms with Crippen molar-refractivity contribution in [1.82, 2.24) is 17.6 Å². The monoisotopic (exact) mass is 263 g/mol. The molecule has 1 amide bonds. The Labute approximate surface area is 94.7 Å². The summed E-state index contributed by atoms with van der Waals surface area (Å²) >= 11 is 0. The van der Waals surface area contributed by atoms with Gasteiger partial charge in [-0.3, -0.25) is 13.9 Å². The van der Waals surface area contributed by atoms with E-state index >= 15 is 0 Å². The third-order valence-corrected chi connectivity index (χ3v) is 1.40. The Hall–Kier alpha value is -0.780. The molecule has 1 saturated heterocycles. The fraction of sp³-hybridized carbons (Fsp3) is 0.833. The van der Waals surface area contributed by atoms with Gasteiger partial charge in [0.1, 0.15) is 0 Å². The molecule has 0 aromatic heterocycles. The van der Waals surface area contributed by atoms with E-state index in [1.807, 2.05) is 0 Å². The predicted octanol–water partition coefficient (Wildman–Crippen LogP) is -0.477. The van der Waals surface area contributed by atoms with Gasteiger partial charge in [-0.25, -0.2) is 0 Å². The van der Waals surface area contributed by atoms with Crippen molar-refractivity contribution in [2.24, 2.45) is 0 Å². The first-order chi connectivity index (χ1) is 5.89. The van der Waals surface area contributed by atoms with E-state index in [2.05, 4.69) is 5.32 Å². The van der Waals surface area contributed by atoms with E-state index in [4.69, 9.17) is 17.5 Å². The van der Waals surface area contributed by atoms with Crippen LogP contribution in [0, 0.1) is 0 Å². The minimum absolute atomic E-state index is 0. The van der Waals surface area contributed by atoms with Crippen molar-refractivity contribution >= 4 is 16.3 Å². The lowest BCUT2D eigenvalue weighted by Crippen LogP contribution is -2.21. The van der Waals surface area contributed by atoms with Crippen molar-refractivity contribution < 1.29 is 27.8 Å². The van der Waals surface area contributed by atoms with Crippen molar-refractivity contribution in [2.75, 3.05) is 6.54 Å². The van der Waals surface area contributed by atoms with E-state index in [-0.39, 0.29) is 23.7 Å². The maximum absolute atomic E-state index is 10.6. The zero-order chi connectivity index (χ0) is 10.3. The van der Waals surface area contributed by atoms with Crippen LogP contribution in [0.25, 0.3) is 0 Å². The van der Waals surface area contributed by atoms with Crippen molar-refractivity contribution in [3.05, 3.63) is 0 Å². The summed E-state index contributed by atoms with van der Waals surface area (Å²) in [5.41, 5.74) is 0. The molecule has 0 aliphatic carbocycles. The molecule has 0 aromatic carbocycles. The highest BCUT2D eigenvalue weighted by molar-refractivity contribution is 7.79. The Balaban J connectivity index is -0.0000000818. The summed E-state index contributed by atoms with van der Waals surface area (Å²) in [6.07, 6.45) is 4.18. The average Bonchev–Trinajstić information content (AvgIpc) is 2.12. The molecule has 0 saturated carbocycles. The van der Waals surface area contributed by atoms with E-state index in [1.54, 1.807) is 0 Å². The molecule has 0 aromatic rings. The largest absolute Gasteiger partial charge is 0.412 e. The molecule has 0 atom stereocenters. The molecule has 9 nitrogen and oxygen atoms in total. The lowest BCUT2D eigenvalue weighted by atomic mass is 10.2. The van der Waals surface area contributed by atoms with Crippen LogP contribution in [0.15, 0.2) is 0 Å². The SMILES string of the molecule is N.N.O.O=C1CCCCCN1.O=S(=O)(O)O. The molecular formula is C6H21N3O6S. The number of carbonyl (C=O) groups is 1. The molecule has 11 N–H and O–H groups in total. The third-order valence-electron chi connectivity index (χ3n) is 1.40. The molecule has 0 spiro atoms. The lowest BCUT2D eigenvalue weighted by molar-refractivity contribution is -0.120. The predicted molar refractivity (Wildman–Crippen MR) is 59.3 cm³/mol. The summed E-state index contributed by atoms with van der Waals surface area (Å²) in [6, 6.07) is 0. The summed E-state index contributed by atoms with van der Waals surface area (Å²) in [4.78, 5) is 10.6. The summed E-state index contributed by atoms with van der Waals surface area (Å²) < 4.78 is 31.6. The molecule has 1 aliphatic rings. The molecule has 1 fully saturated rings. The molecular weight excluding hydrogens is 242 g/mol. The van der Waals surface area contributed by atoms with E-state index in [9.17, 15) is 4.79 Å². The first-order valence-electron chi connectivity index (χ1n) is 3.86. The molecule has 0 bridgehead atoms. The van der Waals surface area contributed by atoms with Gasteiger partial charge in [-0.15, -0.1) is 0 Å². The summed E-state index contributed by atoms with van der Waals surface area (Å²) in [7, 11) is -4.67. The molecule has 1 aliphatic heterocycles. The second-order valence-corrected chi connectivity index (χ2v) is 3.50. The van der Waals surface area contributed by atoms with Crippen molar-refractivity contribution in [2.45, 2.75) is 25.7 Å². The zero-order valence-corrected chi connectivity index (χ0v) is 9.79. The Morgan fingerprint density at radius 3 is 1.94 bits per heavy atom. The van der Waals surface area contributed by atoms with E-state index in [0.717, 1.165) is 25.8 Å². The van der Waals surface area contributed by atoms with Crippen LogP contribution in [-0.4, -0.2) is 35.5 Å². The number of carbonyl (C=O) groups excluding carboxylic acids is 1. The van der Waals surface area contributed by atoms with Crippen molar-refractivity contribution in [1.29, 1.82) is 0 Å². The molecule has 10 heteroatoms. The van der Waals surface area contributed by atoms with Crippen LogP contribution in [-0.2, 0) is 15.2 Å². The van der Waals surface area contributed by atoms with Crippen LogP contribution in [0.2, 0.25) is 0 Å². The smallest absolute Gasteiger partial charge is 0.394 e. The topological polar surface area (TPSA) is 205 Å². The van der Waals surface area contributed by atoms with Gasteiger partial charge in [0.05, 0.1) is 0 Å². The van der Waals surface area contributed by atoms with Gasteiger partial charge in [0.15, 0.2) is 0 Å². The van der Waals surface area contributed by atoms with Gasteiger partial charge < -0.3 is 23.1 Å². The molecule has 102 valence electrons. The van der Waals surface area contributed by atoms with Crippen LogP contribution in [0.3, 0.4) is 0 Å². The Morgan fingerprint density at radius 1 is 1.06 bits per heavy atom. The van der Waals surface area contributed by atoms with Crippen molar-refractivity contribution in [3.63, 3.8) is 0 Å². The maximum atomic E-state index is 10.6. The van der Waals surface area contributed by atoms with Gasteiger partial charge >= 0.3 is 10.4 Å². The van der Waals surface area contributed by atoms with Crippen LogP contribution in [0.4, 0.5) is 0 Å². The van der Waals surface area contributed by atoms with Crippen molar-refractivity contribution in [3.8, 4) is 0 Å². The van der Waals surface area contributed by atoms with Crippen LogP contribution >= 0.6 is 0 Å². The second kappa shape index (κ2) is 12.3. The normalized spacial score (nSPS) is 14.5. The number of hydrogen-bond acceptors (Lipinski definition) is 5. The molecule has 16 heavy (non-hydrogen) atoms. The summed E-state index contributed by atoms with van der Waals surface area (Å²) in [5.74, 6) is 0.225. The highest BCUT2D eigenvalue weighted by Crippen LogP contribution is 2.02. The van der Waals surface area contributed by atoms with Crippen LogP contribution in [0.1, 0.15) is 25.7 Å². The molecule has 0 unspecified atom stereocenters. The first-order valence-corrected chi connectivity index (χ1v) is 5.26. The van der Waals surface area contributed by atoms with Crippen LogP contribution < -0.4 is 17.6 Å². The molecule has 1 heterocycles.